The van der Waals surface area contributed by atoms with Gasteiger partial charge in [0.1, 0.15) is 11.6 Å². The van der Waals surface area contributed by atoms with E-state index in [1.807, 2.05) is 0 Å². The maximum Gasteiger partial charge on any atom is 0.349 e. The normalized spacial score (nSPS) is 23.5. The van der Waals surface area contributed by atoms with Crippen molar-refractivity contribution in [2.24, 2.45) is 5.92 Å². The standard InChI is InChI=1S/C9H8N2O2S/c1-13-9(12)7(5-11)8-6(4-10)2-3-14-8/h6H,2-3H2,1H3/b8-7+. The predicted octanol–water partition coefficient (Wildman–Crippen LogP) is 1.21. The van der Waals surface area contributed by atoms with E-state index in [2.05, 4.69) is 10.8 Å². The van der Waals surface area contributed by atoms with Crippen molar-refractivity contribution in [3.8, 4) is 12.1 Å². The first kappa shape index (κ1) is 10.6. The average Bonchev–Trinajstić information content (AvgIpc) is 2.66. The van der Waals surface area contributed by atoms with Crippen LogP contribution in [0.2, 0.25) is 0 Å². The summed E-state index contributed by atoms with van der Waals surface area (Å²) >= 11 is 1.39. The molecule has 0 aromatic carbocycles. The molecule has 1 heterocycles. The number of hydrogen-bond donors (Lipinski definition) is 0. The maximum absolute atomic E-state index is 11.2. The molecule has 1 fully saturated rings. The first-order valence-corrected chi connectivity index (χ1v) is 4.98. The highest BCUT2D eigenvalue weighted by molar-refractivity contribution is 8.03. The Kier molecular flexibility index (Phi) is 3.55. The van der Waals surface area contributed by atoms with Crippen LogP contribution in [0.15, 0.2) is 10.5 Å². The van der Waals surface area contributed by atoms with Gasteiger partial charge in [0.05, 0.1) is 19.1 Å². The number of ether oxygens (including phenoxy) is 1. The minimum absolute atomic E-state index is 0.0263. The molecule has 1 saturated heterocycles. The van der Waals surface area contributed by atoms with E-state index in [0.29, 0.717) is 11.3 Å². The van der Waals surface area contributed by atoms with Crippen LogP contribution in [0.5, 0.6) is 0 Å². The van der Waals surface area contributed by atoms with E-state index < -0.39 is 5.97 Å². The number of allylic oxidation sites excluding steroid dienone is 1. The Bertz CT molecular complexity index is 362. The summed E-state index contributed by atoms with van der Waals surface area (Å²) in [5.41, 5.74) is -0.0263. The van der Waals surface area contributed by atoms with Gasteiger partial charge >= 0.3 is 5.97 Å². The number of nitrogens with zero attached hydrogens (tertiary/aromatic N) is 2. The smallest absolute Gasteiger partial charge is 0.349 e. The summed E-state index contributed by atoms with van der Waals surface area (Å²) in [6.07, 6.45) is 0.693. The molecule has 0 radical (unpaired) electrons. The van der Waals surface area contributed by atoms with E-state index in [4.69, 9.17) is 10.5 Å². The minimum atomic E-state index is -0.655. The number of methoxy groups -OCH3 is 1. The molecular formula is C9H8N2O2S. The topological polar surface area (TPSA) is 73.9 Å². The molecule has 0 spiro atoms. The Balaban J connectivity index is 3.07. The first-order valence-electron chi connectivity index (χ1n) is 3.99. The van der Waals surface area contributed by atoms with Crippen LogP contribution in [0, 0.1) is 28.6 Å². The van der Waals surface area contributed by atoms with Crippen molar-refractivity contribution in [3.05, 3.63) is 10.5 Å². The van der Waals surface area contributed by atoms with Gasteiger partial charge in [-0.1, -0.05) is 0 Å². The van der Waals surface area contributed by atoms with E-state index in [-0.39, 0.29) is 11.5 Å². The molecule has 5 heteroatoms. The summed E-state index contributed by atoms with van der Waals surface area (Å²) in [6.45, 7) is 0. The monoisotopic (exact) mass is 208 g/mol. The number of carbonyl (C=O) groups excluding carboxylic acids is 1. The van der Waals surface area contributed by atoms with Gasteiger partial charge in [-0.05, 0) is 12.2 Å². The number of rotatable bonds is 1. The number of hydrogen-bond acceptors (Lipinski definition) is 5. The highest BCUT2D eigenvalue weighted by atomic mass is 32.2. The molecular weight excluding hydrogens is 200 g/mol. The molecule has 1 rings (SSSR count). The molecule has 0 amide bonds. The number of nitriles is 2. The van der Waals surface area contributed by atoms with Crippen molar-refractivity contribution in [1.29, 1.82) is 10.5 Å². The molecule has 0 aliphatic carbocycles. The van der Waals surface area contributed by atoms with Crippen LogP contribution in [0.25, 0.3) is 0 Å². The third-order valence-electron chi connectivity index (χ3n) is 1.88. The fourth-order valence-electron chi connectivity index (χ4n) is 1.19. The summed E-state index contributed by atoms with van der Waals surface area (Å²) in [5.74, 6) is -0.207. The quantitative estimate of drug-likeness (QED) is 0.368. The number of esters is 1. The summed E-state index contributed by atoms with van der Waals surface area (Å²) in [4.78, 5) is 11.7. The molecule has 1 unspecified atom stereocenters. The van der Waals surface area contributed by atoms with Crippen LogP contribution in [0.1, 0.15) is 6.42 Å². The van der Waals surface area contributed by atoms with Gasteiger partial charge in [-0.2, -0.15) is 10.5 Å². The van der Waals surface area contributed by atoms with Gasteiger partial charge in [-0.3, -0.25) is 0 Å². The second kappa shape index (κ2) is 4.69. The highest BCUT2D eigenvalue weighted by Gasteiger charge is 2.28. The summed E-state index contributed by atoms with van der Waals surface area (Å²) in [6, 6.07) is 3.86. The van der Waals surface area contributed by atoms with Crippen molar-refractivity contribution < 1.29 is 9.53 Å². The molecule has 0 N–H and O–H groups in total. The molecule has 0 bridgehead atoms. The van der Waals surface area contributed by atoms with Crippen LogP contribution < -0.4 is 0 Å². The zero-order valence-electron chi connectivity index (χ0n) is 7.61. The largest absolute Gasteiger partial charge is 0.465 e. The SMILES string of the molecule is COC(=O)/C(C#N)=C1/SCCC1C#N. The third kappa shape index (κ3) is 1.89. The van der Waals surface area contributed by atoms with Crippen molar-refractivity contribution in [2.75, 3.05) is 12.9 Å². The van der Waals surface area contributed by atoms with Gasteiger partial charge in [0.25, 0.3) is 0 Å². The second-order valence-electron chi connectivity index (χ2n) is 2.66. The van der Waals surface area contributed by atoms with E-state index in [1.165, 1.54) is 18.9 Å². The number of thioether (sulfide) groups is 1. The Labute approximate surface area is 86.1 Å². The highest BCUT2D eigenvalue weighted by Crippen LogP contribution is 2.38. The Morgan fingerprint density at radius 1 is 1.64 bits per heavy atom. The Hall–Kier alpha value is -1.46. The Morgan fingerprint density at radius 3 is 2.86 bits per heavy atom. The van der Waals surface area contributed by atoms with Crippen LogP contribution in [0.4, 0.5) is 0 Å². The lowest BCUT2D eigenvalue weighted by molar-refractivity contribution is -0.135. The molecule has 72 valence electrons. The van der Waals surface area contributed by atoms with Gasteiger partial charge < -0.3 is 4.74 Å². The summed E-state index contributed by atoms with van der Waals surface area (Å²) < 4.78 is 4.47. The zero-order chi connectivity index (χ0) is 10.6. The number of carbonyl (C=O) groups is 1. The van der Waals surface area contributed by atoms with Crippen molar-refractivity contribution in [1.82, 2.24) is 0 Å². The van der Waals surface area contributed by atoms with E-state index in [0.717, 1.165) is 5.75 Å². The van der Waals surface area contributed by atoms with E-state index >= 15 is 0 Å². The molecule has 1 aliphatic heterocycles. The summed E-state index contributed by atoms with van der Waals surface area (Å²) in [5, 5.41) is 17.5. The molecule has 1 aliphatic rings. The Morgan fingerprint density at radius 2 is 2.36 bits per heavy atom. The van der Waals surface area contributed by atoms with Crippen molar-refractivity contribution in [3.63, 3.8) is 0 Å². The minimum Gasteiger partial charge on any atom is -0.465 e. The molecule has 1 atom stereocenters. The van der Waals surface area contributed by atoms with Crippen molar-refractivity contribution >= 4 is 17.7 Å². The lowest BCUT2D eigenvalue weighted by Crippen LogP contribution is -2.07. The maximum atomic E-state index is 11.2. The lowest BCUT2D eigenvalue weighted by Gasteiger charge is -2.03. The van der Waals surface area contributed by atoms with Gasteiger partial charge in [-0.25, -0.2) is 4.79 Å². The van der Waals surface area contributed by atoms with E-state index in [1.54, 1.807) is 6.07 Å². The van der Waals surface area contributed by atoms with Gasteiger partial charge in [0.15, 0.2) is 0 Å². The van der Waals surface area contributed by atoms with Crippen LogP contribution in [0.3, 0.4) is 0 Å². The zero-order valence-corrected chi connectivity index (χ0v) is 8.43. The molecule has 0 aromatic rings. The predicted molar refractivity (Wildman–Crippen MR) is 50.8 cm³/mol. The third-order valence-corrected chi connectivity index (χ3v) is 3.12. The molecule has 0 aromatic heterocycles. The second-order valence-corrected chi connectivity index (χ2v) is 3.80. The van der Waals surface area contributed by atoms with Gasteiger partial charge in [0.2, 0.25) is 0 Å². The van der Waals surface area contributed by atoms with Gasteiger partial charge in [0, 0.05) is 4.91 Å². The lowest BCUT2D eigenvalue weighted by atomic mass is 10.1. The van der Waals surface area contributed by atoms with Crippen LogP contribution in [-0.2, 0) is 9.53 Å². The van der Waals surface area contributed by atoms with Crippen LogP contribution >= 0.6 is 11.8 Å². The van der Waals surface area contributed by atoms with Crippen LogP contribution in [-0.4, -0.2) is 18.8 Å². The molecule has 0 saturated carbocycles. The first-order chi connectivity index (χ1) is 6.74. The molecule has 14 heavy (non-hydrogen) atoms. The fourth-order valence-corrected chi connectivity index (χ4v) is 2.41. The van der Waals surface area contributed by atoms with Crippen molar-refractivity contribution in [2.45, 2.75) is 6.42 Å². The van der Waals surface area contributed by atoms with E-state index in [9.17, 15) is 4.79 Å². The average molecular weight is 208 g/mol. The van der Waals surface area contributed by atoms with Gasteiger partial charge in [-0.15, -0.1) is 11.8 Å². The summed E-state index contributed by atoms with van der Waals surface area (Å²) in [7, 11) is 1.22. The molecule has 4 nitrogen and oxygen atoms in total. The fraction of sp³-hybridized carbons (Fsp3) is 0.444.